The number of benzene rings is 1. The maximum absolute atomic E-state index is 12.8. The van der Waals surface area contributed by atoms with Gasteiger partial charge in [0.1, 0.15) is 11.4 Å². The SMILES string of the molecule is CN(CC(=O)NC(C)(C#N)C1CC1)Cc1ccc(F)cc1. The van der Waals surface area contributed by atoms with Gasteiger partial charge in [0.25, 0.3) is 0 Å². The third kappa shape index (κ3) is 4.27. The average Bonchev–Trinajstić information content (AvgIpc) is 3.25. The molecule has 112 valence electrons. The average molecular weight is 289 g/mol. The molecule has 2 rings (SSSR count). The summed E-state index contributed by atoms with van der Waals surface area (Å²) >= 11 is 0. The van der Waals surface area contributed by atoms with E-state index >= 15 is 0 Å². The lowest BCUT2D eigenvalue weighted by atomic mass is 9.98. The van der Waals surface area contributed by atoms with Gasteiger partial charge in [0.2, 0.25) is 5.91 Å². The van der Waals surface area contributed by atoms with Crippen molar-refractivity contribution in [3.8, 4) is 6.07 Å². The van der Waals surface area contributed by atoms with E-state index in [-0.39, 0.29) is 24.2 Å². The molecule has 4 nitrogen and oxygen atoms in total. The van der Waals surface area contributed by atoms with Crippen molar-refractivity contribution >= 4 is 5.91 Å². The first-order valence-corrected chi connectivity index (χ1v) is 7.08. The van der Waals surface area contributed by atoms with Crippen LogP contribution in [-0.2, 0) is 11.3 Å². The fourth-order valence-electron chi connectivity index (χ4n) is 2.41. The molecule has 1 aromatic rings. The van der Waals surface area contributed by atoms with Gasteiger partial charge in [-0.15, -0.1) is 0 Å². The normalized spacial score (nSPS) is 17.1. The van der Waals surface area contributed by atoms with Crippen LogP contribution in [0, 0.1) is 23.1 Å². The van der Waals surface area contributed by atoms with Crippen LogP contribution in [0.4, 0.5) is 4.39 Å². The monoisotopic (exact) mass is 289 g/mol. The molecule has 1 aliphatic rings. The topological polar surface area (TPSA) is 56.1 Å². The number of nitrogens with one attached hydrogen (secondary N) is 1. The van der Waals surface area contributed by atoms with Crippen molar-refractivity contribution in [1.82, 2.24) is 10.2 Å². The van der Waals surface area contributed by atoms with Crippen molar-refractivity contribution in [2.75, 3.05) is 13.6 Å². The summed E-state index contributed by atoms with van der Waals surface area (Å²) in [7, 11) is 1.82. The van der Waals surface area contributed by atoms with Crippen LogP contribution in [-0.4, -0.2) is 29.9 Å². The second kappa shape index (κ2) is 6.23. The van der Waals surface area contributed by atoms with Crippen LogP contribution in [0.5, 0.6) is 0 Å². The van der Waals surface area contributed by atoms with Crippen LogP contribution in [0.2, 0.25) is 0 Å². The third-order valence-electron chi connectivity index (χ3n) is 3.80. The molecule has 21 heavy (non-hydrogen) atoms. The zero-order valence-corrected chi connectivity index (χ0v) is 12.4. The van der Waals surface area contributed by atoms with Crippen molar-refractivity contribution in [1.29, 1.82) is 5.26 Å². The van der Waals surface area contributed by atoms with E-state index in [1.807, 2.05) is 11.9 Å². The van der Waals surface area contributed by atoms with Crippen molar-refractivity contribution < 1.29 is 9.18 Å². The molecular weight excluding hydrogens is 269 g/mol. The molecular formula is C16H20FN3O. The highest BCUT2D eigenvalue weighted by atomic mass is 19.1. The molecule has 5 heteroatoms. The fraction of sp³-hybridized carbons (Fsp3) is 0.500. The molecule has 1 fully saturated rings. The Bertz CT molecular complexity index is 548. The largest absolute Gasteiger partial charge is 0.337 e. The van der Waals surface area contributed by atoms with Crippen molar-refractivity contribution in [3.63, 3.8) is 0 Å². The smallest absolute Gasteiger partial charge is 0.235 e. The van der Waals surface area contributed by atoms with Crippen LogP contribution in [0.3, 0.4) is 0 Å². The van der Waals surface area contributed by atoms with Gasteiger partial charge in [-0.25, -0.2) is 4.39 Å². The first-order valence-electron chi connectivity index (χ1n) is 7.08. The highest BCUT2D eigenvalue weighted by Crippen LogP contribution is 2.39. The Labute approximate surface area is 124 Å². The van der Waals surface area contributed by atoms with E-state index in [4.69, 9.17) is 0 Å². The first kappa shape index (κ1) is 15.5. The maximum Gasteiger partial charge on any atom is 0.235 e. The van der Waals surface area contributed by atoms with E-state index < -0.39 is 5.54 Å². The number of rotatable bonds is 6. The zero-order valence-electron chi connectivity index (χ0n) is 12.4. The van der Waals surface area contributed by atoms with Crippen LogP contribution < -0.4 is 5.32 Å². The summed E-state index contributed by atoms with van der Waals surface area (Å²) in [6.07, 6.45) is 1.99. The highest BCUT2D eigenvalue weighted by molar-refractivity contribution is 5.79. The van der Waals surface area contributed by atoms with E-state index in [0.717, 1.165) is 18.4 Å². The second-order valence-corrected chi connectivity index (χ2v) is 5.94. The number of nitrogens with zero attached hydrogens (tertiary/aromatic N) is 2. The van der Waals surface area contributed by atoms with Gasteiger partial charge in [-0.2, -0.15) is 5.26 Å². The molecule has 1 atom stereocenters. The lowest BCUT2D eigenvalue weighted by molar-refractivity contribution is -0.123. The highest BCUT2D eigenvalue weighted by Gasteiger charge is 2.42. The molecule has 1 amide bonds. The summed E-state index contributed by atoms with van der Waals surface area (Å²) in [5, 5.41) is 12.1. The molecule has 0 radical (unpaired) electrons. The minimum Gasteiger partial charge on any atom is -0.337 e. The summed E-state index contributed by atoms with van der Waals surface area (Å²) in [6, 6.07) is 8.42. The van der Waals surface area contributed by atoms with Gasteiger partial charge in [0.15, 0.2) is 0 Å². The number of carbonyl (C=O) groups excluding carboxylic acids is 1. The van der Waals surface area contributed by atoms with Gasteiger partial charge in [0.05, 0.1) is 12.6 Å². The molecule has 0 spiro atoms. The minimum absolute atomic E-state index is 0.157. The van der Waals surface area contributed by atoms with E-state index in [1.54, 1.807) is 19.1 Å². The van der Waals surface area contributed by atoms with Crippen molar-refractivity contribution in [2.45, 2.75) is 31.8 Å². The lowest BCUT2D eigenvalue weighted by Gasteiger charge is -2.24. The third-order valence-corrected chi connectivity index (χ3v) is 3.80. The number of halogens is 1. The van der Waals surface area contributed by atoms with Gasteiger partial charge < -0.3 is 5.32 Å². The van der Waals surface area contributed by atoms with Crippen molar-refractivity contribution in [3.05, 3.63) is 35.6 Å². The predicted molar refractivity (Wildman–Crippen MR) is 77.6 cm³/mol. The van der Waals surface area contributed by atoms with Gasteiger partial charge in [-0.3, -0.25) is 9.69 Å². The Morgan fingerprint density at radius 3 is 2.62 bits per heavy atom. The molecule has 1 aromatic carbocycles. The molecule has 0 saturated heterocycles. The van der Waals surface area contributed by atoms with Gasteiger partial charge >= 0.3 is 0 Å². The Balaban J connectivity index is 1.84. The second-order valence-electron chi connectivity index (χ2n) is 5.94. The summed E-state index contributed by atoms with van der Waals surface area (Å²) < 4.78 is 12.8. The summed E-state index contributed by atoms with van der Waals surface area (Å²) in [4.78, 5) is 13.9. The molecule has 0 aliphatic heterocycles. The molecule has 0 heterocycles. The van der Waals surface area contributed by atoms with Crippen LogP contribution in [0.1, 0.15) is 25.3 Å². The Morgan fingerprint density at radius 1 is 1.48 bits per heavy atom. The first-order chi connectivity index (χ1) is 9.93. The Hall–Kier alpha value is -1.93. The van der Waals surface area contributed by atoms with Crippen molar-refractivity contribution in [2.24, 2.45) is 5.92 Å². The van der Waals surface area contributed by atoms with Gasteiger partial charge in [-0.1, -0.05) is 12.1 Å². The van der Waals surface area contributed by atoms with E-state index in [9.17, 15) is 14.4 Å². The van der Waals surface area contributed by atoms with Gasteiger partial charge in [0, 0.05) is 6.54 Å². The Morgan fingerprint density at radius 2 is 2.10 bits per heavy atom. The number of nitriles is 1. The maximum atomic E-state index is 12.8. The van der Waals surface area contributed by atoms with Gasteiger partial charge in [-0.05, 0) is 50.4 Å². The molecule has 1 N–H and O–H groups in total. The molecule has 0 bridgehead atoms. The summed E-state index contributed by atoms with van der Waals surface area (Å²) in [5.74, 6) is -0.155. The number of amides is 1. The van der Waals surface area contributed by atoms with E-state index in [2.05, 4.69) is 11.4 Å². The van der Waals surface area contributed by atoms with E-state index in [1.165, 1.54) is 12.1 Å². The number of hydrogen-bond donors (Lipinski definition) is 1. The summed E-state index contributed by atoms with van der Waals surface area (Å²) in [5.41, 5.74) is 0.185. The van der Waals surface area contributed by atoms with Crippen LogP contribution >= 0.6 is 0 Å². The molecule has 1 saturated carbocycles. The Kier molecular flexibility index (Phi) is 4.59. The molecule has 0 aromatic heterocycles. The standard InChI is InChI=1S/C16H20FN3O/c1-16(11-18,13-5-6-13)19-15(21)10-20(2)9-12-3-7-14(17)8-4-12/h3-4,7-8,13H,5-6,9-10H2,1-2H3,(H,19,21). The lowest BCUT2D eigenvalue weighted by Crippen LogP contribution is -2.49. The quantitative estimate of drug-likeness (QED) is 0.872. The zero-order chi connectivity index (χ0) is 15.5. The van der Waals surface area contributed by atoms with Crippen LogP contribution in [0.25, 0.3) is 0 Å². The number of hydrogen-bond acceptors (Lipinski definition) is 3. The number of likely N-dealkylation sites (N-methyl/N-ethyl adjacent to an activating group) is 1. The molecule has 1 unspecified atom stereocenters. The summed E-state index contributed by atoms with van der Waals surface area (Å²) in [6.45, 7) is 2.55. The van der Waals surface area contributed by atoms with Crippen LogP contribution in [0.15, 0.2) is 24.3 Å². The number of carbonyl (C=O) groups is 1. The minimum atomic E-state index is -0.756. The van der Waals surface area contributed by atoms with E-state index in [0.29, 0.717) is 6.54 Å². The molecule has 1 aliphatic carbocycles. The predicted octanol–water partition coefficient (Wildman–Crippen LogP) is 2.07. The fourth-order valence-corrected chi connectivity index (χ4v) is 2.41.